The van der Waals surface area contributed by atoms with Crippen molar-refractivity contribution in [1.82, 2.24) is 9.55 Å². The van der Waals surface area contributed by atoms with Crippen LogP contribution in [0.4, 0.5) is 18.9 Å². The van der Waals surface area contributed by atoms with Crippen LogP contribution in [0.3, 0.4) is 0 Å². The molecule has 0 radical (unpaired) electrons. The van der Waals surface area contributed by atoms with Crippen LogP contribution in [-0.4, -0.2) is 41.8 Å². The van der Waals surface area contributed by atoms with Gasteiger partial charge >= 0.3 is 12.1 Å². The number of fused-ring (bicyclic) bond motifs is 1. The Morgan fingerprint density at radius 2 is 1.94 bits per heavy atom. The fourth-order valence-electron chi connectivity index (χ4n) is 2.93. The molecule has 32 heavy (non-hydrogen) atoms. The van der Waals surface area contributed by atoms with Gasteiger partial charge in [0.1, 0.15) is 22.9 Å². The zero-order chi connectivity index (χ0) is 23.5. The molecular weight excluding hydrogens is 451 g/mol. The molecule has 0 saturated heterocycles. The van der Waals surface area contributed by atoms with Crippen LogP contribution in [0.2, 0.25) is 0 Å². The van der Waals surface area contributed by atoms with Gasteiger partial charge in [-0.15, -0.1) is 11.3 Å². The lowest BCUT2D eigenvalue weighted by Crippen LogP contribution is -2.28. The third kappa shape index (κ3) is 4.97. The van der Waals surface area contributed by atoms with E-state index >= 15 is 0 Å². The SMILES string of the molecule is COCCOC(=O)c1sc2ncn(CC(=O)Nc3ccccc3C(F)(F)F)c(=O)c2c1C. The van der Waals surface area contributed by atoms with Gasteiger partial charge in [-0.3, -0.25) is 14.2 Å². The minimum atomic E-state index is -4.65. The summed E-state index contributed by atoms with van der Waals surface area (Å²) in [6.07, 6.45) is -3.54. The zero-order valence-corrected chi connectivity index (χ0v) is 17.8. The Morgan fingerprint density at radius 1 is 1.22 bits per heavy atom. The van der Waals surface area contributed by atoms with Gasteiger partial charge < -0.3 is 14.8 Å². The number of halogens is 3. The number of aryl methyl sites for hydroxylation is 1. The van der Waals surface area contributed by atoms with Gasteiger partial charge in [-0.2, -0.15) is 13.2 Å². The maximum atomic E-state index is 13.1. The molecule has 2 aromatic heterocycles. The lowest BCUT2D eigenvalue weighted by Gasteiger charge is -2.13. The lowest BCUT2D eigenvalue weighted by atomic mass is 10.1. The number of hydrogen-bond donors (Lipinski definition) is 1. The van der Waals surface area contributed by atoms with Crippen LogP contribution < -0.4 is 10.9 Å². The maximum absolute atomic E-state index is 13.1. The van der Waals surface area contributed by atoms with Crippen LogP contribution in [0.5, 0.6) is 0 Å². The Balaban J connectivity index is 1.84. The highest BCUT2D eigenvalue weighted by Crippen LogP contribution is 2.34. The largest absolute Gasteiger partial charge is 0.459 e. The number of carbonyl (C=O) groups is 2. The van der Waals surface area contributed by atoms with E-state index in [4.69, 9.17) is 9.47 Å². The Hall–Kier alpha value is -3.25. The monoisotopic (exact) mass is 469 g/mol. The van der Waals surface area contributed by atoms with Crippen LogP contribution >= 0.6 is 11.3 Å². The summed E-state index contributed by atoms with van der Waals surface area (Å²) in [5.41, 5.74) is -1.67. The van der Waals surface area contributed by atoms with Crippen LogP contribution in [-0.2, 0) is 27.0 Å². The highest BCUT2D eigenvalue weighted by Gasteiger charge is 2.33. The standard InChI is InChI=1S/C20H18F3N3O5S/c1-11-15-17(32-16(11)19(29)31-8-7-30-2)24-10-26(18(15)28)9-14(27)25-13-6-4-3-5-12(13)20(21,22)23/h3-6,10H,7-9H2,1-2H3,(H,25,27). The molecular formula is C20H18F3N3O5S. The average molecular weight is 469 g/mol. The summed E-state index contributed by atoms with van der Waals surface area (Å²) in [5, 5.41) is 2.32. The first kappa shape index (κ1) is 23.4. The Bertz CT molecular complexity index is 1220. The number of esters is 1. The number of rotatable bonds is 7. The van der Waals surface area contributed by atoms with Gasteiger partial charge in [-0.1, -0.05) is 12.1 Å². The summed E-state index contributed by atoms with van der Waals surface area (Å²) < 4.78 is 50.2. The van der Waals surface area contributed by atoms with Gasteiger partial charge in [-0.05, 0) is 24.6 Å². The Labute approximate surface area is 183 Å². The number of benzene rings is 1. The number of amides is 1. The lowest BCUT2D eigenvalue weighted by molar-refractivity contribution is -0.137. The number of para-hydroxylation sites is 1. The smallest absolute Gasteiger partial charge is 0.418 e. The van der Waals surface area contributed by atoms with Crippen molar-refractivity contribution in [1.29, 1.82) is 0 Å². The Kier molecular flexibility index (Phi) is 6.94. The zero-order valence-electron chi connectivity index (χ0n) is 17.0. The minimum Gasteiger partial charge on any atom is -0.459 e. The molecule has 0 bridgehead atoms. The highest BCUT2D eigenvalue weighted by molar-refractivity contribution is 7.20. The number of anilines is 1. The van der Waals surface area contributed by atoms with Crippen LogP contribution in [0.25, 0.3) is 10.2 Å². The molecule has 3 rings (SSSR count). The molecule has 0 saturated carbocycles. The van der Waals surface area contributed by atoms with Gasteiger partial charge in [0, 0.05) is 7.11 Å². The van der Waals surface area contributed by atoms with E-state index in [2.05, 4.69) is 10.3 Å². The van der Waals surface area contributed by atoms with E-state index in [1.165, 1.54) is 19.2 Å². The number of thiophene rings is 1. The van der Waals surface area contributed by atoms with Gasteiger partial charge in [0.25, 0.3) is 5.56 Å². The van der Waals surface area contributed by atoms with Gasteiger partial charge in [0.15, 0.2) is 0 Å². The van der Waals surface area contributed by atoms with E-state index in [-0.39, 0.29) is 28.3 Å². The third-order valence-electron chi connectivity index (χ3n) is 4.44. The van der Waals surface area contributed by atoms with Crippen LogP contribution in [0, 0.1) is 6.92 Å². The van der Waals surface area contributed by atoms with Gasteiger partial charge in [0.05, 0.1) is 29.6 Å². The summed E-state index contributed by atoms with van der Waals surface area (Å²) in [4.78, 5) is 42.0. The van der Waals surface area contributed by atoms with E-state index < -0.39 is 41.4 Å². The Morgan fingerprint density at radius 3 is 2.62 bits per heavy atom. The normalized spacial score (nSPS) is 11.5. The fraction of sp³-hybridized carbons (Fsp3) is 0.300. The quantitative estimate of drug-likeness (QED) is 0.421. The van der Waals surface area contributed by atoms with Gasteiger partial charge in [0.2, 0.25) is 5.91 Å². The molecule has 0 fully saturated rings. The van der Waals surface area contributed by atoms with Crippen molar-refractivity contribution in [3.63, 3.8) is 0 Å². The summed E-state index contributed by atoms with van der Waals surface area (Å²) in [6, 6.07) is 4.53. The van der Waals surface area contributed by atoms with Crippen molar-refractivity contribution in [2.24, 2.45) is 0 Å². The van der Waals surface area contributed by atoms with E-state index in [1.54, 1.807) is 6.92 Å². The molecule has 0 aliphatic heterocycles. The van der Waals surface area contributed by atoms with E-state index in [9.17, 15) is 27.6 Å². The summed E-state index contributed by atoms with van der Waals surface area (Å²) in [6.45, 7) is 1.25. The summed E-state index contributed by atoms with van der Waals surface area (Å²) in [5.74, 6) is -1.47. The number of methoxy groups -OCH3 is 1. The number of nitrogens with one attached hydrogen (secondary N) is 1. The molecule has 8 nitrogen and oxygen atoms in total. The van der Waals surface area contributed by atoms with Crippen molar-refractivity contribution >= 4 is 39.1 Å². The van der Waals surface area contributed by atoms with E-state index in [1.807, 2.05) is 0 Å². The first-order valence-corrected chi connectivity index (χ1v) is 10.1. The van der Waals surface area contributed by atoms with Crippen molar-refractivity contribution in [3.05, 3.63) is 57.0 Å². The number of carbonyl (C=O) groups excluding carboxylic acids is 2. The number of alkyl halides is 3. The first-order valence-electron chi connectivity index (χ1n) is 9.24. The molecule has 3 aromatic rings. The molecule has 2 heterocycles. The van der Waals surface area contributed by atoms with Crippen molar-refractivity contribution in [2.75, 3.05) is 25.6 Å². The molecule has 0 aliphatic rings. The van der Waals surface area contributed by atoms with Crippen molar-refractivity contribution in [3.8, 4) is 0 Å². The minimum absolute atomic E-state index is 0.0419. The summed E-state index contributed by atoms with van der Waals surface area (Å²) in [7, 11) is 1.46. The first-order chi connectivity index (χ1) is 15.1. The molecule has 0 aliphatic carbocycles. The molecule has 1 amide bonds. The second-order valence-electron chi connectivity index (χ2n) is 6.63. The maximum Gasteiger partial charge on any atom is 0.418 e. The van der Waals surface area contributed by atoms with Crippen molar-refractivity contribution in [2.45, 2.75) is 19.6 Å². The van der Waals surface area contributed by atoms with Crippen molar-refractivity contribution < 1.29 is 32.2 Å². The number of hydrogen-bond acceptors (Lipinski definition) is 7. The molecule has 0 atom stereocenters. The van der Waals surface area contributed by atoms with Gasteiger partial charge in [-0.25, -0.2) is 9.78 Å². The topological polar surface area (TPSA) is 99.5 Å². The fourth-order valence-corrected chi connectivity index (χ4v) is 3.97. The second kappa shape index (κ2) is 9.49. The average Bonchev–Trinajstić information content (AvgIpc) is 3.07. The summed E-state index contributed by atoms with van der Waals surface area (Å²) >= 11 is 0.974. The predicted molar refractivity (Wildman–Crippen MR) is 111 cm³/mol. The van der Waals surface area contributed by atoms with E-state index in [0.29, 0.717) is 5.56 Å². The highest BCUT2D eigenvalue weighted by atomic mass is 32.1. The predicted octanol–water partition coefficient (Wildman–Crippen LogP) is 3.23. The molecule has 0 spiro atoms. The van der Waals surface area contributed by atoms with Crippen LogP contribution in [0.15, 0.2) is 35.4 Å². The van der Waals surface area contributed by atoms with E-state index in [0.717, 1.165) is 34.4 Å². The molecule has 12 heteroatoms. The second-order valence-corrected chi connectivity index (χ2v) is 7.63. The number of aromatic nitrogens is 2. The van der Waals surface area contributed by atoms with Crippen LogP contribution in [0.1, 0.15) is 20.8 Å². The molecule has 1 aromatic carbocycles. The number of nitrogens with zero attached hydrogens (tertiary/aromatic N) is 2. The molecule has 1 N–H and O–H groups in total. The number of ether oxygens (including phenoxy) is 2. The third-order valence-corrected chi connectivity index (χ3v) is 5.62. The molecule has 170 valence electrons. The molecule has 0 unspecified atom stereocenters.